The van der Waals surface area contributed by atoms with E-state index in [2.05, 4.69) is 10.1 Å². The van der Waals surface area contributed by atoms with Crippen molar-refractivity contribution in [3.05, 3.63) is 0 Å². The van der Waals surface area contributed by atoms with Gasteiger partial charge < -0.3 is 15.8 Å². The van der Waals surface area contributed by atoms with Gasteiger partial charge in [-0.15, -0.1) is 0 Å². The number of hydrogen-bond donors (Lipinski definition) is 2. The lowest BCUT2D eigenvalue weighted by Gasteiger charge is -2.19. The molecule has 0 aromatic heterocycles. The fourth-order valence-electron chi connectivity index (χ4n) is 0.643. The van der Waals surface area contributed by atoms with Crippen molar-refractivity contribution in [2.45, 2.75) is 25.2 Å². The van der Waals surface area contributed by atoms with Gasteiger partial charge in [0, 0.05) is 0 Å². The summed E-state index contributed by atoms with van der Waals surface area (Å²) in [4.78, 5) is 10.6. The minimum absolute atomic E-state index is 0.396. The molecule has 14 heavy (non-hydrogen) atoms. The highest BCUT2D eigenvalue weighted by molar-refractivity contribution is 5.79. The van der Waals surface area contributed by atoms with Crippen molar-refractivity contribution in [3.8, 4) is 0 Å². The molecule has 84 valence electrons. The van der Waals surface area contributed by atoms with Gasteiger partial charge in [-0.05, 0) is 14.0 Å². The Bertz CT molecular complexity index is 196. The molecule has 0 spiro atoms. The van der Waals surface area contributed by atoms with Crippen molar-refractivity contribution >= 4 is 5.91 Å². The van der Waals surface area contributed by atoms with Gasteiger partial charge in [0.05, 0.1) is 6.61 Å². The summed E-state index contributed by atoms with van der Waals surface area (Å²) in [6, 6.07) is -0.903. The number of nitrogens with two attached hydrogens (primary N) is 1. The Morgan fingerprint density at radius 2 is 2.07 bits per heavy atom. The van der Waals surface area contributed by atoms with E-state index in [0.717, 1.165) is 6.92 Å². The van der Waals surface area contributed by atoms with Crippen molar-refractivity contribution in [1.82, 2.24) is 5.32 Å². The Hall–Kier alpha value is -0.820. The Kier molecular flexibility index (Phi) is 4.86. The van der Waals surface area contributed by atoms with Gasteiger partial charge in [0.1, 0.15) is 6.04 Å². The lowest BCUT2D eigenvalue weighted by atomic mass is 10.3. The van der Waals surface area contributed by atoms with E-state index in [9.17, 15) is 18.0 Å². The van der Waals surface area contributed by atoms with Crippen LogP contribution in [-0.2, 0) is 9.53 Å². The molecule has 2 atom stereocenters. The first-order chi connectivity index (χ1) is 6.29. The molecule has 2 unspecified atom stereocenters. The Morgan fingerprint density at radius 1 is 1.57 bits per heavy atom. The van der Waals surface area contributed by atoms with Gasteiger partial charge in [0.25, 0.3) is 0 Å². The number of ether oxygens (including phenoxy) is 1. The third-order valence-corrected chi connectivity index (χ3v) is 1.67. The highest BCUT2D eigenvalue weighted by atomic mass is 19.4. The van der Waals surface area contributed by atoms with Gasteiger partial charge in [-0.2, -0.15) is 13.2 Å². The van der Waals surface area contributed by atoms with Crippen molar-refractivity contribution in [2.75, 3.05) is 13.7 Å². The summed E-state index contributed by atoms with van der Waals surface area (Å²) in [7, 11) is 1.41. The normalized spacial score (nSPS) is 16.4. The molecule has 1 amide bonds. The van der Waals surface area contributed by atoms with Gasteiger partial charge in [-0.3, -0.25) is 4.79 Å². The number of amides is 1. The predicted octanol–water partition coefficient (Wildman–Crippen LogP) is 0.0271. The predicted molar refractivity (Wildman–Crippen MR) is 43.5 cm³/mol. The maximum absolute atomic E-state index is 11.9. The van der Waals surface area contributed by atoms with Crippen LogP contribution in [0.4, 0.5) is 13.2 Å². The van der Waals surface area contributed by atoms with E-state index in [1.54, 1.807) is 0 Å². The van der Waals surface area contributed by atoms with E-state index in [0.29, 0.717) is 0 Å². The molecular formula is C7H13F3N2O2. The van der Waals surface area contributed by atoms with Gasteiger partial charge in [-0.1, -0.05) is 0 Å². The molecule has 0 bridgehead atoms. The first-order valence-electron chi connectivity index (χ1n) is 3.94. The molecule has 3 N–H and O–H groups in total. The molecule has 0 rings (SSSR count). The number of hydrogen-bond acceptors (Lipinski definition) is 3. The molecule has 0 saturated carbocycles. The average molecular weight is 214 g/mol. The standard InChI is InChI=1S/C7H13F3N2O2/c1-4(7(8,9)10)14-3-5(12-2)6(11)13/h4-5,12H,3H2,1-2H3,(H2,11,13). The van der Waals surface area contributed by atoms with Crippen LogP contribution < -0.4 is 11.1 Å². The summed E-state index contributed by atoms with van der Waals surface area (Å²) in [5.74, 6) is -0.748. The lowest BCUT2D eigenvalue weighted by molar-refractivity contribution is -0.215. The molecule has 0 radical (unpaired) electrons. The second-order valence-electron chi connectivity index (χ2n) is 2.76. The van der Waals surface area contributed by atoms with Gasteiger partial charge in [0.2, 0.25) is 5.91 Å². The Labute approximate surface area is 79.6 Å². The first kappa shape index (κ1) is 13.2. The molecule has 0 aliphatic carbocycles. The third-order valence-electron chi connectivity index (χ3n) is 1.67. The van der Waals surface area contributed by atoms with E-state index < -0.39 is 30.8 Å². The van der Waals surface area contributed by atoms with Crippen LogP contribution in [0.25, 0.3) is 0 Å². The number of alkyl halides is 3. The van der Waals surface area contributed by atoms with E-state index in [-0.39, 0.29) is 0 Å². The van der Waals surface area contributed by atoms with Crippen molar-refractivity contribution in [3.63, 3.8) is 0 Å². The van der Waals surface area contributed by atoms with Crippen LogP contribution in [0.2, 0.25) is 0 Å². The fourth-order valence-corrected chi connectivity index (χ4v) is 0.643. The number of rotatable bonds is 5. The first-order valence-corrected chi connectivity index (χ1v) is 3.94. The summed E-state index contributed by atoms with van der Waals surface area (Å²) in [5, 5.41) is 2.44. The van der Waals surface area contributed by atoms with Crippen molar-refractivity contribution < 1.29 is 22.7 Å². The maximum Gasteiger partial charge on any atom is 0.414 e. The zero-order valence-electron chi connectivity index (χ0n) is 7.89. The minimum atomic E-state index is -4.42. The topological polar surface area (TPSA) is 64.3 Å². The second kappa shape index (κ2) is 5.16. The van der Waals surface area contributed by atoms with Crippen LogP contribution in [-0.4, -0.2) is 37.9 Å². The zero-order chi connectivity index (χ0) is 11.4. The van der Waals surface area contributed by atoms with Crippen LogP contribution in [0.3, 0.4) is 0 Å². The van der Waals surface area contributed by atoms with Gasteiger partial charge >= 0.3 is 6.18 Å². The smallest absolute Gasteiger partial charge is 0.368 e. The summed E-state index contributed by atoms with van der Waals surface area (Å²) >= 11 is 0. The molecule has 0 fully saturated rings. The average Bonchev–Trinajstić information content (AvgIpc) is 2.02. The molecule has 7 heteroatoms. The van der Waals surface area contributed by atoms with Gasteiger partial charge in [0.15, 0.2) is 6.10 Å². The van der Waals surface area contributed by atoms with Crippen molar-refractivity contribution in [1.29, 1.82) is 0 Å². The molecule has 0 aromatic carbocycles. The van der Waals surface area contributed by atoms with Crippen molar-refractivity contribution in [2.24, 2.45) is 5.73 Å². The monoisotopic (exact) mass is 214 g/mol. The number of primary amides is 1. The minimum Gasteiger partial charge on any atom is -0.368 e. The summed E-state index contributed by atoms with van der Waals surface area (Å²) < 4.78 is 40.3. The van der Waals surface area contributed by atoms with Crippen LogP contribution in [0.15, 0.2) is 0 Å². The number of carbonyl (C=O) groups is 1. The van der Waals surface area contributed by atoms with Crippen LogP contribution in [0.5, 0.6) is 0 Å². The largest absolute Gasteiger partial charge is 0.414 e. The van der Waals surface area contributed by atoms with Gasteiger partial charge in [-0.25, -0.2) is 0 Å². The third kappa shape index (κ3) is 4.43. The number of halogens is 3. The summed E-state index contributed by atoms with van der Waals surface area (Å²) in [5.41, 5.74) is 4.88. The molecular weight excluding hydrogens is 201 g/mol. The summed E-state index contributed by atoms with van der Waals surface area (Å²) in [6.45, 7) is 0.472. The Morgan fingerprint density at radius 3 is 2.36 bits per heavy atom. The lowest BCUT2D eigenvalue weighted by Crippen LogP contribution is -2.44. The molecule has 4 nitrogen and oxygen atoms in total. The molecule has 0 aromatic rings. The number of carbonyl (C=O) groups excluding carboxylic acids is 1. The highest BCUT2D eigenvalue weighted by Gasteiger charge is 2.37. The van der Waals surface area contributed by atoms with E-state index in [1.165, 1.54) is 7.05 Å². The maximum atomic E-state index is 11.9. The van der Waals surface area contributed by atoms with E-state index >= 15 is 0 Å². The molecule has 0 aliphatic heterocycles. The number of likely N-dealkylation sites (N-methyl/N-ethyl adjacent to an activating group) is 1. The second-order valence-corrected chi connectivity index (χ2v) is 2.76. The quantitative estimate of drug-likeness (QED) is 0.678. The van der Waals surface area contributed by atoms with Crippen LogP contribution >= 0.6 is 0 Å². The highest BCUT2D eigenvalue weighted by Crippen LogP contribution is 2.22. The fraction of sp³-hybridized carbons (Fsp3) is 0.857. The number of nitrogens with one attached hydrogen (secondary N) is 1. The molecule has 0 heterocycles. The van der Waals surface area contributed by atoms with E-state index in [1.807, 2.05) is 0 Å². The molecule has 0 aliphatic rings. The van der Waals surface area contributed by atoms with E-state index in [4.69, 9.17) is 5.73 Å². The van der Waals surface area contributed by atoms with Crippen LogP contribution in [0, 0.1) is 0 Å². The Balaban J connectivity index is 3.98. The summed E-state index contributed by atoms with van der Waals surface area (Å²) in [6.07, 6.45) is -6.33. The SMILES string of the molecule is CNC(COC(C)C(F)(F)F)C(N)=O. The molecule has 0 saturated heterocycles. The zero-order valence-corrected chi connectivity index (χ0v) is 7.89. The van der Waals surface area contributed by atoms with Crippen LogP contribution in [0.1, 0.15) is 6.92 Å².